The quantitative estimate of drug-likeness (QED) is 0.871. The Hall–Kier alpha value is -2.54. The van der Waals surface area contributed by atoms with Gasteiger partial charge in [0, 0.05) is 32.2 Å². The summed E-state index contributed by atoms with van der Waals surface area (Å²) in [7, 11) is 3.57. The number of guanidine groups is 1. The number of carbonyl (C=O) groups is 2. The summed E-state index contributed by atoms with van der Waals surface area (Å²) in [5, 5.41) is 3.03. The monoisotopic (exact) mass is 375 g/mol. The number of amides is 3. The number of rotatable bonds is 4. The first-order chi connectivity index (χ1) is 12.4. The third kappa shape index (κ3) is 3.53. The van der Waals surface area contributed by atoms with Gasteiger partial charge in [0.2, 0.25) is 0 Å². The Balaban J connectivity index is 1.90. The molecule has 8 heteroatoms. The van der Waals surface area contributed by atoms with Crippen molar-refractivity contribution in [3.05, 3.63) is 47.0 Å². The minimum atomic E-state index is -0.571. The third-order valence-electron chi connectivity index (χ3n) is 4.51. The lowest BCUT2D eigenvalue weighted by Gasteiger charge is -2.36. The van der Waals surface area contributed by atoms with Crippen molar-refractivity contribution in [1.82, 2.24) is 20.0 Å². The number of likely N-dealkylation sites (N-methyl/N-ethyl adjacent to an activating group) is 1. The predicted octanol–water partition coefficient (Wildman–Crippen LogP) is 1.81. The Kier molecular flexibility index (Phi) is 5.18. The van der Waals surface area contributed by atoms with Gasteiger partial charge in [-0.25, -0.2) is 9.79 Å². The molecule has 2 heterocycles. The molecule has 3 rings (SSSR count). The molecule has 2 aliphatic rings. The van der Waals surface area contributed by atoms with Crippen LogP contribution in [0.15, 0.2) is 46.4 Å². The van der Waals surface area contributed by atoms with E-state index in [1.807, 2.05) is 53.3 Å². The van der Waals surface area contributed by atoms with Crippen molar-refractivity contribution in [2.45, 2.75) is 25.7 Å². The van der Waals surface area contributed by atoms with Gasteiger partial charge in [-0.3, -0.25) is 10.1 Å². The normalized spacial score (nSPS) is 22.9. The number of nitrogens with one attached hydrogen (secondary N) is 1. The zero-order valence-corrected chi connectivity index (χ0v) is 15.8. The number of fused-ring (bicyclic) bond motifs is 1. The van der Waals surface area contributed by atoms with Gasteiger partial charge in [-0.2, -0.15) is 0 Å². The van der Waals surface area contributed by atoms with Crippen molar-refractivity contribution in [3.63, 3.8) is 0 Å². The Bertz CT molecular complexity index is 760. The highest BCUT2D eigenvalue weighted by Crippen LogP contribution is 2.25. The highest BCUT2D eigenvalue weighted by molar-refractivity contribution is 6.29. The summed E-state index contributed by atoms with van der Waals surface area (Å²) in [6.07, 6.45) is 1.29. The van der Waals surface area contributed by atoms with Crippen molar-refractivity contribution in [1.29, 1.82) is 0 Å². The Morgan fingerprint density at radius 3 is 2.69 bits per heavy atom. The predicted molar refractivity (Wildman–Crippen MR) is 101 cm³/mol. The molecule has 1 N–H and O–H groups in total. The van der Waals surface area contributed by atoms with E-state index >= 15 is 0 Å². The van der Waals surface area contributed by atoms with Crippen LogP contribution in [0, 0.1) is 0 Å². The lowest BCUT2D eigenvalue weighted by molar-refractivity contribution is -0.127. The minimum Gasteiger partial charge on any atom is -0.341 e. The zero-order valence-electron chi connectivity index (χ0n) is 15.0. The Morgan fingerprint density at radius 2 is 2.04 bits per heavy atom. The molecule has 0 bridgehead atoms. The minimum absolute atomic E-state index is 0.342. The fourth-order valence-electron chi connectivity index (χ4n) is 3.18. The van der Waals surface area contributed by atoms with Crippen molar-refractivity contribution >= 4 is 29.5 Å². The lowest BCUT2D eigenvalue weighted by Crippen LogP contribution is -2.64. The number of aliphatic imine (C=N–C) groups is 1. The van der Waals surface area contributed by atoms with Crippen LogP contribution in [0.5, 0.6) is 0 Å². The first-order valence-corrected chi connectivity index (χ1v) is 8.75. The standard InChI is InChI=1S/C18H22ClN5O2/c1-12(19)9-10-24-14-15(23(3)18(26)21-16(14)25)20-17(24)22(2)11-13-7-5-4-6-8-13/h4-9,14-15H,10-11H2,1-3H3,(H,21,25,26)/b12-9-. The second kappa shape index (κ2) is 7.37. The molecule has 2 aliphatic heterocycles. The summed E-state index contributed by atoms with van der Waals surface area (Å²) in [4.78, 5) is 34.4. The summed E-state index contributed by atoms with van der Waals surface area (Å²) in [5.41, 5.74) is 1.13. The van der Waals surface area contributed by atoms with E-state index in [2.05, 4.69) is 10.3 Å². The molecule has 138 valence electrons. The second-order valence-corrected chi connectivity index (χ2v) is 7.07. The van der Waals surface area contributed by atoms with Gasteiger partial charge in [0.05, 0.1) is 0 Å². The van der Waals surface area contributed by atoms with E-state index in [1.54, 1.807) is 14.0 Å². The molecule has 0 radical (unpaired) electrons. The molecule has 26 heavy (non-hydrogen) atoms. The van der Waals surface area contributed by atoms with Gasteiger partial charge in [0.1, 0.15) is 0 Å². The van der Waals surface area contributed by atoms with Crippen LogP contribution in [-0.4, -0.2) is 65.4 Å². The third-order valence-corrected chi connectivity index (χ3v) is 4.67. The molecule has 7 nitrogen and oxygen atoms in total. The van der Waals surface area contributed by atoms with Gasteiger partial charge in [0.15, 0.2) is 18.2 Å². The second-order valence-electron chi connectivity index (χ2n) is 6.48. The molecule has 1 fully saturated rings. The number of nitrogens with zero attached hydrogens (tertiary/aromatic N) is 4. The maximum atomic E-state index is 12.5. The van der Waals surface area contributed by atoms with Crippen LogP contribution < -0.4 is 5.32 Å². The average molecular weight is 376 g/mol. The van der Waals surface area contributed by atoms with Crippen molar-refractivity contribution in [3.8, 4) is 0 Å². The van der Waals surface area contributed by atoms with Gasteiger partial charge in [0.25, 0.3) is 5.91 Å². The van der Waals surface area contributed by atoms with Crippen LogP contribution in [0.4, 0.5) is 4.79 Å². The number of carbonyl (C=O) groups excluding carboxylic acids is 2. The summed E-state index contributed by atoms with van der Waals surface area (Å²) >= 11 is 5.99. The maximum absolute atomic E-state index is 12.5. The topological polar surface area (TPSA) is 68.2 Å². The number of urea groups is 1. The Labute approximate surface area is 157 Å². The smallest absolute Gasteiger partial charge is 0.325 e. The number of halogens is 1. The number of allylic oxidation sites excluding steroid dienone is 1. The molecule has 0 aliphatic carbocycles. The molecule has 1 aromatic carbocycles. The van der Waals surface area contributed by atoms with Crippen LogP contribution >= 0.6 is 11.6 Å². The molecule has 2 unspecified atom stereocenters. The number of benzene rings is 1. The lowest BCUT2D eigenvalue weighted by atomic mass is 10.1. The van der Waals surface area contributed by atoms with E-state index < -0.39 is 18.2 Å². The highest BCUT2D eigenvalue weighted by atomic mass is 35.5. The van der Waals surface area contributed by atoms with Gasteiger partial charge in [-0.1, -0.05) is 48.0 Å². The first kappa shape index (κ1) is 18.3. The van der Waals surface area contributed by atoms with Crippen molar-refractivity contribution < 1.29 is 9.59 Å². The van der Waals surface area contributed by atoms with Crippen LogP contribution in [0.3, 0.4) is 0 Å². The van der Waals surface area contributed by atoms with Crippen LogP contribution in [0.1, 0.15) is 12.5 Å². The molecule has 1 saturated heterocycles. The zero-order chi connectivity index (χ0) is 18.8. The molecular weight excluding hydrogens is 354 g/mol. The Morgan fingerprint density at radius 1 is 1.35 bits per heavy atom. The number of imide groups is 1. The van der Waals surface area contributed by atoms with E-state index in [0.29, 0.717) is 24.1 Å². The maximum Gasteiger partial charge on any atom is 0.325 e. The molecular formula is C18H22ClN5O2. The van der Waals surface area contributed by atoms with Gasteiger partial charge in [-0.05, 0) is 12.5 Å². The van der Waals surface area contributed by atoms with Crippen molar-refractivity contribution in [2.24, 2.45) is 4.99 Å². The number of hydrogen-bond acceptors (Lipinski definition) is 5. The fourth-order valence-corrected chi connectivity index (χ4v) is 3.25. The van der Waals surface area contributed by atoms with E-state index in [0.717, 1.165) is 5.56 Å². The van der Waals surface area contributed by atoms with Crippen LogP contribution in [-0.2, 0) is 11.3 Å². The van der Waals surface area contributed by atoms with Crippen molar-refractivity contribution in [2.75, 3.05) is 20.6 Å². The summed E-state index contributed by atoms with van der Waals surface area (Å²) in [5.74, 6) is 0.320. The van der Waals surface area contributed by atoms with Crippen LogP contribution in [0.25, 0.3) is 0 Å². The van der Waals surface area contributed by atoms with Crippen LogP contribution in [0.2, 0.25) is 0 Å². The largest absolute Gasteiger partial charge is 0.341 e. The molecule has 1 aromatic rings. The fraction of sp³-hybridized carbons (Fsp3) is 0.389. The SMILES string of the molecule is C/C(Cl)=C/CN1C(N(C)Cc2ccccc2)=NC2C1C(=O)NC(=O)N2C. The van der Waals surface area contributed by atoms with E-state index in [-0.39, 0.29) is 5.91 Å². The molecule has 0 saturated carbocycles. The average Bonchev–Trinajstić information content (AvgIpc) is 2.99. The van der Waals surface area contributed by atoms with E-state index in [1.165, 1.54) is 4.90 Å². The van der Waals surface area contributed by atoms with E-state index in [4.69, 9.17) is 11.6 Å². The summed E-state index contributed by atoms with van der Waals surface area (Å²) < 4.78 is 0. The molecule has 0 spiro atoms. The van der Waals surface area contributed by atoms with Gasteiger partial charge in [-0.15, -0.1) is 0 Å². The number of hydrogen-bond donors (Lipinski definition) is 1. The first-order valence-electron chi connectivity index (χ1n) is 8.38. The summed E-state index contributed by atoms with van der Waals surface area (Å²) in [6.45, 7) is 2.86. The van der Waals surface area contributed by atoms with Gasteiger partial charge < -0.3 is 14.7 Å². The summed E-state index contributed by atoms with van der Waals surface area (Å²) in [6, 6.07) is 9.00. The molecule has 2 atom stereocenters. The highest BCUT2D eigenvalue weighted by Gasteiger charge is 2.49. The van der Waals surface area contributed by atoms with E-state index in [9.17, 15) is 9.59 Å². The molecule has 0 aromatic heterocycles. The van der Waals surface area contributed by atoms with Gasteiger partial charge >= 0.3 is 6.03 Å². The molecule has 3 amide bonds.